The van der Waals surface area contributed by atoms with Crippen molar-refractivity contribution in [3.05, 3.63) is 35.5 Å². The number of ether oxygens (including phenoxy) is 1. The van der Waals surface area contributed by atoms with E-state index < -0.39 is 25.0 Å². The maximum atomic E-state index is 7.13. The van der Waals surface area contributed by atoms with Crippen LogP contribution in [0.15, 0.2) is 35.5 Å². The highest BCUT2D eigenvalue weighted by molar-refractivity contribution is 6.75. The molecule has 0 bridgehead atoms. The predicted octanol–water partition coefficient (Wildman–Crippen LogP) is 14.0. The SMILES string of the molecule is C=C1[C@H](O[Si](C)(C)C(C)(C)C)CC(=C/C=C2\CCCC3(C)C2CCC3[C@@H](C)OC[C@H](C)C(C)(C)O[Si](C)(C)C(C)(C)C)C[C@H]1O[Si](C)(C)C(C)(C)C. The summed E-state index contributed by atoms with van der Waals surface area (Å²) in [7, 11) is -5.87. The lowest BCUT2D eigenvalue weighted by molar-refractivity contribution is -0.0679. The van der Waals surface area contributed by atoms with Crippen molar-refractivity contribution < 1.29 is 18.0 Å². The zero-order valence-electron chi connectivity index (χ0n) is 38.1. The Morgan fingerprint density at radius 1 is 0.750 bits per heavy atom. The number of rotatable bonds is 12. The molecule has 7 atom stereocenters. The molecule has 7 heteroatoms. The standard InChI is InChI=1S/C45H86O4Si3/c1-32(44(13,14)49-52(20,21)43(10,11)12)31-46-34(3)37-26-27-38-36(23-22-28-45(37,38)15)25-24-35-29-39(47-50(16,17)41(4,5)6)33(2)40(30-35)48-51(18,19)42(7,8)9/h24-25,32,34,37-40H,2,22-23,26-31H2,1,3-21H3/b36-25+/t32-,34+,37?,38?,39+,40+,45?/m0/s1. The van der Waals surface area contributed by atoms with E-state index in [-0.39, 0.29) is 44.4 Å². The van der Waals surface area contributed by atoms with Crippen molar-refractivity contribution >= 4 is 25.0 Å². The summed E-state index contributed by atoms with van der Waals surface area (Å²) in [5.41, 5.74) is 4.33. The van der Waals surface area contributed by atoms with Gasteiger partial charge in [-0.3, -0.25) is 0 Å². The summed E-state index contributed by atoms with van der Waals surface area (Å²) < 4.78 is 28.0. The van der Waals surface area contributed by atoms with Gasteiger partial charge in [0.1, 0.15) is 0 Å². The molecule has 3 rings (SSSR count). The third-order valence-electron chi connectivity index (χ3n) is 15.5. The summed E-state index contributed by atoms with van der Waals surface area (Å²) in [5, 5.41) is 0.483. The summed E-state index contributed by atoms with van der Waals surface area (Å²) in [5.74, 6) is 1.53. The van der Waals surface area contributed by atoms with Crippen LogP contribution in [0.1, 0.15) is 142 Å². The Labute approximate surface area is 327 Å². The topological polar surface area (TPSA) is 36.9 Å². The maximum absolute atomic E-state index is 7.13. The normalized spacial score (nSPS) is 29.3. The first-order chi connectivity index (χ1) is 23.3. The molecule has 0 heterocycles. The summed E-state index contributed by atoms with van der Waals surface area (Å²) in [6, 6.07) is 0. The molecule has 3 unspecified atom stereocenters. The highest BCUT2D eigenvalue weighted by Gasteiger charge is 2.52. The van der Waals surface area contributed by atoms with Crippen molar-refractivity contribution in [2.75, 3.05) is 6.61 Å². The predicted molar refractivity (Wildman–Crippen MR) is 234 cm³/mol. The van der Waals surface area contributed by atoms with Gasteiger partial charge in [-0.25, -0.2) is 0 Å². The largest absolute Gasteiger partial charge is 0.412 e. The van der Waals surface area contributed by atoms with E-state index in [9.17, 15) is 0 Å². The monoisotopic (exact) mass is 775 g/mol. The minimum absolute atomic E-state index is 0.0131. The van der Waals surface area contributed by atoms with Gasteiger partial charge in [0.05, 0.1) is 30.5 Å². The van der Waals surface area contributed by atoms with Gasteiger partial charge in [0.2, 0.25) is 0 Å². The zero-order valence-corrected chi connectivity index (χ0v) is 41.1. The number of hydrogen-bond donors (Lipinski definition) is 0. The smallest absolute Gasteiger partial charge is 0.192 e. The highest BCUT2D eigenvalue weighted by Crippen LogP contribution is 2.59. The fraction of sp³-hybridized carbons (Fsp3) is 0.867. The van der Waals surface area contributed by atoms with E-state index in [1.165, 1.54) is 37.7 Å². The molecule has 3 aliphatic carbocycles. The summed E-state index contributed by atoms with van der Waals surface area (Å²) in [6.45, 7) is 52.4. The second-order valence-electron chi connectivity index (χ2n) is 22.8. The van der Waals surface area contributed by atoms with Crippen LogP contribution in [-0.4, -0.2) is 55.5 Å². The molecule has 0 aromatic heterocycles. The molecule has 3 fully saturated rings. The van der Waals surface area contributed by atoms with Gasteiger partial charge in [-0.1, -0.05) is 106 Å². The molecular weight excluding hydrogens is 689 g/mol. The van der Waals surface area contributed by atoms with Crippen LogP contribution in [-0.2, 0) is 18.0 Å². The van der Waals surface area contributed by atoms with Crippen LogP contribution in [0.4, 0.5) is 0 Å². The molecule has 0 N–H and O–H groups in total. The van der Waals surface area contributed by atoms with Crippen LogP contribution in [0.2, 0.25) is 54.4 Å². The highest BCUT2D eigenvalue weighted by atomic mass is 28.4. The average Bonchev–Trinajstić information content (AvgIpc) is 3.31. The molecule has 0 amide bonds. The molecule has 0 radical (unpaired) electrons. The van der Waals surface area contributed by atoms with Gasteiger partial charge in [0.25, 0.3) is 0 Å². The van der Waals surface area contributed by atoms with Gasteiger partial charge in [-0.05, 0) is 143 Å². The average molecular weight is 775 g/mol. The maximum Gasteiger partial charge on any atom is 0.192 e. The van der Waals surface area contributed by atoms with E-state index in [0.29, 0.717) is 17.8 Å². The van der Waals surface area contributed by atoms with Crippen LogP contribution < -0.4 is 0 Å². The molecule has 52 heavy (non-hydrogen) atoms. The van der Waals surface area contributed by atoms with Crippen molar-refractivity contribution in [1.29, 1.82) is 0 Å². The van der Waals surface area contributed by atoms with Gasteiger partial charge >= 0.3 is 0 Å². The Hall–Kier alpha value is -0.289. The molecule has 302 valence electrons. The van der Waals surface area contributed by atoms with Crippen molar-refractivity contribution in [3.63, 3.8) is 0 Å². The Morgan fingerprint density at radius 3 is 1.69 bits per heavy atom. The fourth-order valence-electron chi connectivity index (χ4n) is 8.26. The van der Waals surface area contributed by atoms with Crippen LogP contribution >= 0.6 is 0 Å². The minimum Gasteiger partial charge on any atom is -0.412 e. The van der Waals surface area contributed by atoms with Crippen LogP contribution in [0, 0.1) is 23.2 Å². The molecular formula is C45H86O4Si3. The number of allylic oxidation sites excluding steroid dienone is 3. The second-order valence-corrected chi connectivity index (χ2v) is 37.0. The number of hydrogen-bond acceptors (Lipinski definition) is 4. The molecule has 0 aliphatic heterocycles. The van der Waals surface area contributed by atoms with E-state index >= 15 is 0 Å². The molecule has 0 saturated heterocycles. The summed E-state index contributed by atoms with van der Waals surface area (Å²) >= 11 is 0. The van der Waals surface area contributed by atoms with Crippen LogP contribution in [0.3, 0.4) is 0 Å². The summed E-state index contributed by atoms with van der Waals surface area (Å²) in [6.07, 6.45) is 13.4. The van der Waals surface area contributed by atoms with Crippen molar-refractivity contribution in [2.45, 2.75) is 220 Å². The number of fused-ring (bicyclic) bond motifs is 1. The molecule has 0 spiro atoms. The van der Waals surface area contributed by atoms with E-state index in [0.717, 1.165) is 25.0 Å². The second kappa shape index (κ2) is 15.9. The molecule has 0 aromatic rings. The fourth-order valence-corrected chi connectivity index (χ4v) is 12.7. The van der Waals surface area contributed by atoms with E-state index in [1.54, 1.807) is 5.57 Å². The lowest BCUT2D eigenvalue weighted by atomic mass is 9.62. The Kier molecular flexibility index (Phi) is 14.1. The van der Waals surface area contributed by atoms with E-state index in [2.05, 4.69) is 155 Å². The van der Waals surface area contributed by atoms with Crippen molar-refractivity contribution in [3.8, 4) is 0 Å². The molecule has 0 aromatic carbocycles. The van der Waals surface area contributed by atoms with Crippen molar-refractivity contribution in [1.82, 2.24) is 0 Å². The first-order valence-electron chi connectivity index (χ1n) is 21.0. The zero-order chi connectivity index (χ0) is 40.1. The van der Waals surface area contributed by atoms with Crippen LogP contribution in [0.5, 0.6) is 0 Å². The van der Waals surface area contributed by atoms with Gasteiger partial charge in [0.15, 0.2) is 25.0 Å². The first kappa shape index (κ1) is 46.1. The molecule has 4 nitrogen and oxygen atoms in total. The Bertz CT molecular complexity index is 1260. The molecule has 3 saturated carbocycles. The van der Waals surface area contributed by atoms with Crippen LogP contribution in [0.25, 0.3) is 0 Å². The molecule has 3 aliphatic rings. The Morgan fingerprint density at radius 2 is 1.23 bits per heavy atom. The van der Waals surface area contributed by atoms with Crippen molar-refractivity contribution in [2.24, 2.45) is 23.2 Å². The van der Waals surface area contributed by atoms with E-state index in [4.69, 9.17) is 18.0 Å². The van der Waals surface area contributed by atoms with Gasteiger partial charge in [-0.2, -0.15) is 0 Å². The lowest BCUT2D eigenvalue weighted by Gasteiger charge is -2.46. The third-order valence-corrected chi connectivity index (χ3v) is 29.1. The van der Waals surface area contributed by atoms with Gasteiger partial charge < -0.3 is 18.0 Å². The lowest BCUT2D eigenvalue weighted by Crippen LogP contribution is -2.50. The third kappa shape index (κ3) is 10.4. The first-order valence-corrected chi connectivity index (χ1v) is 29.7. The minimum atomic E-state index is -2.00. The van der Waals surface area contributed by atoms with E-state index in [1.807, 2.05) is 0 Å². The van der Waals surface area contributed by atoms with Gasteiger partial charge in [-0.15, -0.1) is 0 Å². The summed E-state index contributed by atoms with van der Waals surface area (Å²) in [4.78, 5) is 0. The Balaban J connectivity index is 1.81. The quantitative estimate of drug-likeness (QED) is 0.146. The van der Waals surface area contributed by atoms with Gasteiger partial charge in [0, 0.05) is 5.92 Å².